The number of phenols is 1. The highest BCUT2D eigenvalue weighted by Gasteiger charge is 2.30. The molecule has 3 heteroatoms. The molecular weight excluding hydrogens is 277 g/mol. The maximum atomic E-state index is 13.6. The van der Waals surface area contributed by atoms with Crippen molar-refractivity contribution in [2.45, 2.75) is 32.1 Å². The molecule has 0 amide bonds. The second-order valence-corrected chi connectivity index (χ2v) is 5.97. The lowest BCUT2D eigenvalue weighted by Gasteiger charge is -2.20. The Morgan fingerprint density at radius 1 is 1.14 bits per heavy atom. The lowest BCUT2D eigenvalue weighted by atomic mass is 9.92. The fraction of sp³-hybridized carbons (Fsp3) is 0.368. The fourth-order valence-electron chi connectivity index (χ4n) is 3.32. The average molecular weight is 299 g/mol. The molecule has 0 aromatic heterocycles. The number of hydrogen-bond donors (Lipinski definition) is 1. The quantitative estimate of drug-likeness (QED) is 0.811. The van der Waals surface area contributed by atoms with Crippen molar-refractivity contribution in [1.82, 2.24) is 0 Å². The summed E-state index contributed by atoms with van der Waals surface area (Å²) in [6.07, 6.45) is 3.57. The van der Waals surface area contributed by atoms with Gasteiger partial charge in [0, 0.05) is 30.3 Å². The van der Waals surface area contributed by atoms with E-state index in [2.05, 4.69) is 24.0 Å². The summed E-state index contributed by atoms with van der Waals surface area (Å²) in [6, 6.07) is 12.5. The van der Waals surface area contributed by atoms with Gasteiger partial charge >= 0.3 is 0 Å². The first-order valence-corrected chi connectivity index (χ1v) is 8.03. The third-order valence-electron chi connectivity index (χ3n) is 4.45. The van der Waals surface area contributed by atoms with Gasteiger partial charge in [-0.05, 0) is 36.2 Å². The monoisotopic (exact) mass is 299 g/mol. The van der Waals surface area contributed by atoms with Crippen LogP contribution < -0.4 is 4.90 Å². The van der Waals surface area contributed by atoms with Gasteiger partial charge in [-0.1, -0.05) is 38.0 Å². The Bertz CT molecular complexity index is 656. The highest BCUT2D eigenvalue weighted by Crippen LogP contribution is 2.42. The van der Waals surface area contributed by atoms with Gasteiger partial charge in [0.1, 0.15) is 11.6 Å². The second kappa shape index (κ2) is 6.39. The minimum Gasteiger partial charge on any atom is -0.508 e. The van der Waals surface area contributed by atoms with E-state index in [1.807, 2.05) is 12.1 Å². The smallest absolute Gasteiger partial charge is 0.123 e. The molecule has 2 aromatic carbocycles. The van der Waals surface area contributed by atoms with E-state index in [1.165, 1.54) is 42.3 Å². The van der Waals surface area contributed by atoms with Crippen molar-refractivity contribution >= 4 is 5.69 Å². The Labute approximate surface area is 131 Å². The molecule has 0 fully saturated rings. The van der Waals surface area contributed by atoms with E-state index < -0.39 is 0 Å². The number of anilines is 1. The van der Waals surface area contributed by atoms with Crippen molar-refractivity contribution in [1.29, 1.82) is 0 Å². The number of fused-ring (bicyclic) bond motifs is 1. The van der Waals surface area contributed by atoms with Crippen molar-refractivity contribution in [2.24, 2.45) is 0 Å². The molecule has 1 aliphatic heterocycles. The van der Waals surface area contributed by atoms with Gasteiger partial charge in [-0.2, -0.15) is 0 Å². The lowest BCUT2D eigenvalue weighted by molar-refractivity contribution is 0.462. The Balaban J connectivity index is 1.92. The predicted octanol–water partition coefficient (Wildman–Crippen LogP) is 4.67. The maximum absolute atomic E-state index is 13.6. The van der Waals surface area contributed by atoms with Crippen LogP contribution in [0.3, 0.4) is 0 Å². The average Bonchev–Trinajstić information content (AvgIpc) is 2.89. The van der Waals surface area contributed by atoms with Crippen molar-refractivity contribution in [3.63, 3.8) is 0 Å². The molecule has 2 aromatic rings. The number of rotatable bonds is 5. The molecule has 1 N–H and O–H groups in total. The molecule has 1 aliphatic rings. The lowest BCUT2D eigenvalue weighted by Crippen LogP contribution is -2.23. The van der Waals surface area contributed by atoms with Crippen LogP contribution in [0.2, 0.25) is 0 Å². The standard InChI is InChI=1S/C19H22FNO/c1-2-3-6-11-21-13-17(15-7-4-5-8-18(15)21)16-12-14(20)9-10-19(16)22/h4-5,7-10,12,17,22H,2-3,6,11,13H2,1H3. The summed E-state index contributed by atoms with van der Waals surface area (Å²) in [5.41, 5.74) is 3.08. The number of unbranched alkanes of at least 4 members (excludes halogenated alkanes) is 2. The third-order valence-corrected chi connectivity index (χ3v) is 4.45. The number of para-hydroxylation sites is 1. The topological polar surface area (TPSA) is 23.5 Å². The zero-order chi connectivity index (χ0) is 15.5. The van der Waals surface area contributed by atoms with Gasteiger partial charge in [0.15, 0.2) is 0 Å². The Kier molecular flexibility index (Phi) is 4.32. The molecule has 116 valence electrons. The summed E-state index contributed by atoms with van der Waals surface area (Å²) in [4.78, 5) is 2.36. The molecule has 0 spiro atoms. The van der Waals surface area contributed by atoms with Crippen molar-refractivity contribution < 1.29 is 9.50 Å². The third kappa shape index (κ3) is 2.80. The van der Waals surface area contributed by atoms with E-state index in [1.54, 1.807) is 0 Å². The van der Waals surface area contributed by atoms with E-state index in [0.717, 1.165) is 19.5 Å². The van der Waals surface area contributed by atoms with Gasteiger partial charge in [0.25, 0.3) is 0 Å². The Morgan fingerprint density at radius 3 is 2.77 bits per heavy atom. The summed E-state index contributed by atoms with van der Waals surface area (Å²) in [5, 5.41) is 10.1. The first-order valence-electron chi connectivity index (χ1n) is 8.03. The van der Waals surface area contributed by atoms with Gasteiger partial charge in [-0.15, -0.1) is 0 Å². The van der Waals surface area contributed by atoms with Crippen LogP contribution in [-0.2, 0) is 0 Å². The van der Waals surface area contributed by atoms with E-state index in [-0.39, 0.29) is 17.5 Å². The van der Waals surface area contributed by atoms with Crippen molar-refractivity contribution in [3.8, 4) is 5.75 Å². The molecule has 1 atom stereocenters. The van der Waals surface area contributed by atoms with Crippen LogP contribution in [0, 0.1) is 5.82 Å². The van der Waals surface area contributed by atoms with Gasteiger partial charge in [-0.3, -0.25) is 0 Å². The molecule has 0 bridgehead atoms. The normalized spacial score (nSPS) is 16.8. The van der Waals surface area contributed by atoms with Crippen LogP contribution >= 0.6 is 0 Å². The van der Waals surface area contributed by atoms with Crippen LogP contribution in [-0.4, -0.2) is 18.2 Å². The molecule has 0 radical (unpaired) electrons. The Morgan fingerprint density at radius 2 is 1.95 bits per heavy atom. The minimum absolute atomic E-state index is 0.0357. The van der Waals surface area contributed by atoms with E-state index in [9.17, 15) is 9.50 Å². The molecule has 0 aliphatic carbocycles. The number of hydrogen-bond acceptors (Lipinski definition) is 2. The highest BCUT2D eigenvalue weighted by atomic mass is 19.1. The second-order valence-electron chi connectivity index (χ2n) is 5.97. The summed E-state index contributed by atoms with van der Waals surface area (Å²) in [6.45, 7) is 4.02. The Hall–Kier alpha value is -2.03. The predicted molar refractivity (Wildman–Crippen MR) is 88.1 cm³/mol. The molecule has 22 heavy (non-hydrogen) atoms. The summed E-state index contributed by atoms with van der Waals surface area (Å²) in [5.74, 6) is -0.0835. The van der Waals surface area contributed by atoms with Gasteiger partial charge in [0.05, 0.1) is 0 Å². The molecule has 1 heterocycles. The first-order chi connectivity index (χ1) is 10.7. The molecule has 3 rings (SSSR count). The maximum Gasteiger partial charge on any atom is 0.123 e. The van der Waals surface area contributed by atoms with E-state index >= 15 is 0 Å². The van der Waals surface area contributed by atoms with Crippen LogP contribution in [0.15, 0.2) is 42.5 Å². The number of aromatic hydroxyl groups is 1. The largest absolute Gasteiger partial charge is 0.508 e. The minimum atomic E-state index is -0.297. The number of phenolic OH excluding ortho intramolecular Hbond substituents is 1. The zero-order valence-electron chi connectivity index (χ0n) is 12.9. The summed E-state index contributed by atoms with van der Waals surface area (Å²) >= 11 is 0. The first kappa shape index (κ1) is 14.9. The SMILES string of the molecule is CCCCCN1CC(c2cc(F)ccc2O)c2ccccc21. The summed E-state index contributed by atoms with van der Waals surface area (Å²) in [7, 11) is 0. The van der Waals surface area contributed by atoms with Gasteiger partial charge in [-0.25, -0.2) is 4.39 Å². The molecule has 1 unspecified atom stereocenters. The molecular formula is C19H22FNO. The number of nitrogens with zero attached hydrogens (tertiary/aromatic N) is 1. The van der Waals surface area contributed by atoms with E-state index in [4.69, 9.17) is 0 Å². The molecule has 0 saturated carbocycles. The number of benzene rings is 2. The van der Waals surface area contributed by atoms with Crippen LogP contribution in [0.1, 0.15) is 43.2 Å². The number of halogens is 1. The van der Waals surface area contributed by atoms with Crippen molar-refractivity contribution in [2.75, 3.05) is 18.0 Å². The summed E-state index contributed by atoms with van der Waals surface area (Å²) < 4.78 is 13.6. The van der Waals surface area contributed by atoms with Crippen molar-refractivity contribution in [3.05, 3.63) is 59.4 Å². The molecule has 2 nitrogen and oxygen atoms in total. The highest BCUT2D eigenvalue weighted by molar-refractivity contribution is 5.64. The van der Waals surface area contributed by atoms with E-state index in [0.29, 0.717) is 5.56 Å². The van der Waals surface area contributed by atoms with Crippen LogP contribution in [0.5, 0.6) is 5.75 Å². The van der Waals surface area contributed by atoms with Gasteiger partial charge < -0.3 is 10.0 Å². The van der Waals surface area contributed by atoms with Gasteiger partial charge in [0.2, 0.25) is 0 Å². The van der Waals surface area contributed by atoms with Crippen LogP contribution in [0.25, 0.3) is 0 Å². The zero-order valence-corrected chi connectivity index (χ0v) is 12.9. The fourth-order valence-corrected chi connectivity index (χ4v) is 3.32. The van der Waals surface area contributed by atoms with Crippen LogP contribution in [0.4, 0.5) is 10.1 Å². The molecule has 0 saturated heterocycles.